The molecule has 0 atom stereocenters. The van der Waals surface area contributed by atoms with E-state index in [0.717, 1.165) is 5.56 Å². The number of carbonyl (C=O) groups is 1. The summed E-state index contributed by atoms with van der Waals surface area (Å²) in [7, 11) is 0. The maximum atomic E-state index is 11.1. The molecule has 1 heterocycles. The predicted molar refractivity (Wildman–Crippen MR) is 67.5 cm³/mol. The molecule has 0 aliphatic heterocycles. The molecule has 98 valence electrons. The Hall–Kier alpha value is -2.50. The molecule has 0 unspecified atom stereocenters. The molecule has 19 heavy (non-hydrogen) atoms. The van der Waals surface area contributed by atoms with E-state index in [9.17, 15) is 4.79 Å². The minimum Gasteiger partial charge on any atom is -0.478 e. The van der Waals surface area contributed by atoms with Gasteiger partial charge in [0.15, 0.2) is 0 Å². The van der Waals surface area contributed by atoms with Crippen LogP contribution in [-0.2, 0) is 0 Å². The summed E-state index contributed by atoms with van der Waals surface area (Å²) in [6.07, 6.45) is 0. The summed E-state index contributed by atoms with van der Waals surface area (Å²) in [5.41, 5.74) is 2.30. The third-order valence-corrected chi connectivity index (χ3v) is 2.64. The first-order valence-corrected chi connectivity index (χ1v) is 5.67. The van der Waals surface area contributed by atoms with Crippen LogP contribution in [0.25, 0.3) is 0 Å². The van der Waals surface area contributed by atoms with Crippen LogP contribution in [-0.4, -0.2) is 26.3 Å². The Kier molecular flexibility index (Phi) is 3.41. The fourth-order valence-electron chi connectivity index (χ4n) is 1.48. The molecule has 1 aromatic heterocycles. The molecule has 0 bridgehead atoms. The van der Waals surface area contributed by atoms with Crippen LogP contribution in [0.5, 0.6) is 11.8 Å². The Morgan fingerprint density at radius 1 is 1.16 bits per heavy atom. The largest absolute Gasteiger partial charge is 0.478 e. The van der Waals surface area contributed by atoms with Gasteiger partial charge in [0.1, 0.15) is 11.3 Å². The summed E-state index contributed by atoms with van der Waals surface area (Å²) in [5, 5.41) is 16.8. The van der Waals surface area contributed by atoms with Crippen molar-refractivity contribution in [2.24, 2.45) is 0 Å². The van der Waals surface area contributed by atoms with Crippen molar-refractivity contribution < 1.29 is 14.6 Å². The average molecular weight is 259 g/mol. The van der Waals surface area contributed by atoms with E-state index in [4.69, 9.17) is 9.84 Å². The van der Waals surface area contributed by atoms with Gasteiger partial charge >= 0.3 is 12.0 Å². The fraction of sp³-hybridized carbons (Fsp3) is 0.231. The molecule has 0 aliphatic rings. The highest BCUT2D eigenvalue weighted by Crippen LogP contribution is 2.24. The second-order valence-corrected chi connectivity index (χ2v) is 4.17. The zero-order valence-corrected chi connectivity index (χ0v) is 10.8. The lowest BCUT2D eigenvalue weighted by molar-refractivity contribution is 0.0694. The van der Waals surface area contributed by atoms with Crippen LogP contribution >= 0.6 is 0 Å². The predicted octanol–water partition coefficient (Wildman–Crippen LogP) is 2.29. The Labute approximate surface area is 110 Å². The third kappa shape index (κ3) is 2.85. The van der Waals surface area contributed by atoms with Crippen LogP contribution in [0.15, 0.2) is 18.2 Å². The summed E-state index contributed by atoms with van der Waals surface area (Å²) >= 11 is 0. The summed E-state index contributed by atoms with van der Waals surface area (Å²) in [4.78, 5) is 15.3. The second kappa shape index (κ2) is 5.01. The summed E-state index contributed by atoms with van der Waals surface area (Å²) in [6, 6.07) is 4.91. The Morgan fingerprint density at radius 2 is 1.89 bits per heavy atom. The minimum absolute atomic E-state index is 0.0365. The monoisotopic (exact) mass is 259 g/mol. The maximum absolute atomic E-state index is 11.1. The van der Waals surface area contributed by atoms with E-state index >= 15 is 0 Å². The van der Waals surface area contributed by atoms with Gasteiger partial charge in [-0.2, -0.15) is 4.98 Å². The van der Waals surface area contributed by atoms with Gasteiger partial charge in [-0.25, -0.2) is 4.79 Å². The summed E-state index contributed by atoms with van der Waals surface area (Å²) in [5.74, 6) is -0.862. The lowest BCUT2D eigenvalue weighted by Crippen LogP contribution is -2.04. The molecule has 0 saturated carbocycles. The molecule has 0 spiro atoms. The van der Waals surface area contributed by atoms with Gasteiger partial charge in [-0.15, -0.1) is 5.10 Å². The minimum atomic E-state index is -1.06. The quantitative estimate of drug-likeness (QED) is 0.910. The molecule has 6 nitrogen and oxygen atoms in total. The molecule has 0 fully saturated rings. The number of aryl methyl sites for hydroxylation is 3. The molecule has 0 radical (unpaired) electrons. The van der Waals surface area contributed by atoms with Crippen LogP contribution in [0.2, 0.25) is 0 Å². The molecule has 0 amide bonds. The number of carboxylic acid groups (broad SMARTS) is 1. The van der Waals surface area contributed by atoms with Gasteiger partial charge in [0.2, 0.25) is 0 Å². The van der Waals surface area contributed by atoms with Crippen LogP contribution in [0.3, 0.4) is 0 Å². The number of benzene rings is 1. The van der Waals surface area contributed by atoms with Crippen molar-refractivity contribution in [3.63, 3.8) is 0 Å². The van der Waals surface area contributed by atoms with Crippen molar-refractivity contribution in [1.29, 1.82) is 0 Å². The number of hydrogen-bond acceptors (Lipinski definition) is 5. The molecule has 2 rings (SSSR count). The van der Waals surface area contributed by atoms with Crippen molar-refractivity contribution in [2.45, 2.75) is 20.8 Å². The van der Waals surface area contributed by atoms with Crippen LogP contribution in [0.1, 0.15) is 27.3 Å². The molecular formula is C13H13N3O3. The SMILES string of the molecule is Cc1ccc(Oc2nnc(C)c(C)n2)c(C(=O)O)c1. The summed E-state index contributed by atoms with van der Waals surface area (Å²) < 4.78 is 5.40. The van der Waals surface area contributed by atoms with E-state index in [1.807, 2.05) is 6.92 Å². The van der Waals surface area contributed by atoms with Crippen molar-refractivity contribution in [2.75, 3.05) is 0 Å². The van der Waals surface area contributed by atoms with Crippen LogP contribution in [0, 0.1) is 20.8 Å². The first-order chi connectivity index (χ1) is 8.97. The molecule has 0 aliphatic carbocycles. The van der Waals surface area contributed by atoms with Crippen molar-refractivity contribution in [1.82, 2.24) is 15.2 Å². The van der Waals surface area contributed by atoms with E-state index in [1.54, 1.807) is 26.0 Å². The first-order valence-electron chi connectivity index (χ1n) is 5.67. The number of rotatable bonds is 3. The summed E-state index contributed by atoms with van der Waals surface area (Å²) in [6.45, 7) is 5.38. The highest BCUT2D eigenvalue weighted by molar-refractivity contribution is 5.91. The number of hydrogen-bond donors (Lipinski definition) is 1. The van der Waals surface area contributed by atoms with Gasteiger partial charge in [0.05, 0.1) is 11.4 Å². The smallest absolute Gasteiger partial charge is 0.341 e. The van der Waals surface area contributed by atoms with E-state index in [-0.39, 0.29) is 17.3 Å². The van der Waals surface area contributed by atoms with Crippen molar-refractivity contribution in [3.05, 3.63) is 40.7 Å². The Balaban J connectivity index is 2.37. The van der Waals surface area contributed by atoms with Gasteiger partial charge in [-0.05, 0) is 32.9 Å². The van der Waals surface area contributed by atoms with Crippen LogP contribution in [0.4, 0.5) is 0 Å². The van der Waals surface area contributed by atoms with Gasteiger partial charge in [-0.3, -0.25) is 0 Å². The topological polar surface area (TPSA) is 85.2 Å². The zero-order valence-electron chi connectivity index (χ0n) is 10.8. The van der Waals surface area contributed by atoms with E-state index in [2.05, 4.69) is 15.2 Å². The number of nitrogens with zero attached hydrogens (tertiary/aromatic N) is 3. The second-order valence-electron chi connectivity index (χ2n) is 4.17. The Morgan fingerprint density at radius 3 is 2.53 bits per heavy atom. The lowest BCUT2D eigenvalue weighted by atomic mass is 10.1. The van der Waals surface area contributed by atoms with E-state index < -0.39 is 5.97 Å². The molecule has 2 aromatic rings. The fourth-order valence-corrected chi connectivity index (χ4v) is 1.48. The molecule has 1 N–H and O–H groups in total. The molecular weight excluding hydrogens is 246 g/mol. The molecule has 1 aromatic carbocycles. The van der Waals surface area contributed by atoms with E-state index in [1.165, 1.54) is 6.07 Å². The van der Waals surface area contributed by atoms with Crippen molar-refractivity contribution in [3.8, 4) is 11.8 Å². The molecule has 0 saturated heterocycles. The van der Waals surface area contributed by atoms with E-state index in [0.29, 0.717) is 11.4 Å². The average Bonchev–Trinajstić information content (AvgIpc) is 2.36. The van der Waals surface area contributed by atoms with Crippen LogP contribution < -0.4 is 4.74 Å². The van der Waals surface area contributed by atoms with Gasteiger partial charge in [-0.1, -0.05) is 16.7 Å². The molecule has 6 heteroatoms. The number of aromatic nitrogens is 3. The normalized spacial score (nSPS) is 10.3. The van der Waals surface area contributed by atoms with Gasteiger partial charge in [0, 0.05) is 0 Å². The number of carboxylic acids is 1. The number of ether oxygens (including phenoxy) is 1. The Bertz CT molecular complexity index is 641. The maximum Gasteiger partial charge on any atom is 0.341 e. The number of aromatic carboxylic acids is 1. The lowest BCUT2D eigenvalue weighted by Gasteiger charge is -2.08. The third-order valence-electron chi connectivity index (χ3n) is 2.64. The first kappa shape index (κ1) is 12.9. The van der Waals surface area contributed by atoms with Gasteiger partial charge < -0.3 is 9.84 Å². The zero-order chi connectivity index (χ0) is 14.0. The highest BCUT2D eigenvalue weighted by atomic mass is 16.5. The van der Waals surface area contributed by atoms with Crippen molar-refractivity contribution >= 4 is 5.97 Å². The highest BCUT2D eigenvalue weighted by Gasteiger charge is 2.14. The van der Waals surface area contributed by atoms with Gasteiger partial charge in [0.25, 0.3) is 0 Å². The standard InChI is InChI=1S/C13H13N3O3/c1-7-4-5-11(10(6-7)12(17)18)19-13-14-8(2)9(3)15-16-13/h4-6H,1-3H3,(H,17,18).